The molecule has 1 N–H and O–H groups in total. The van der Waals surface area contributed by atoms with Crippen LogP contribution in [0.1, 0.15) is 12.0 Å². The van der Waals surface area contributed by atoms with Crippen LogP contribution in [0.5, 0.6) is 5.75 Å². The molecule has 1 unspecified atom stereocenters. The molecule has 0 aliphatic carbocycles. The maximum absolute atomic E-state index is 12.7. The largest absolute Gasteiger partial charge is 0.497 e. The average molecular weight is 285 g/mol. The number of hydrogen-bond acceptors (Lipinski definition) is 4. The summed E-state index contributed by atoms with van der Waals surface area (Å²) in [5.41, 5.74) is 0.0116. The van der Waals surface area contributed by atoms with E-state index >= 15 is 0 Å². The first kappa shape index (κ1) is 14.2. The third kappa shape index (κ3) is 2.30. The summed E-state index contributed by atoms with van der Waals surface area (Å²) in [4.78, 5) is 0. The molecular formula is C13H10F3NO3. The Hall–Kier alpha value is -2.20. The van der Waals surface area contributed by atoms with Crippen molar-refractivity contribution in [1.29, 1.82) is 5.26 Å². The Labute approximate surface area is 112 Å². The van der Waals surface area contributed by atoms with Crippen LogP contribution in [-0.2, 0) is 4.74 Å². The van der Waals surface area contributed by atoms with Crippen LogP contribution in [0.25, 0.3) is 5.76 Å². The lowest BCUT2D eigenvalue weighted by Gasteiger charge is -2.25. The van der Waals surface area contributed by atoms with Gasteiger partial charge in [-0.15, -0.1) is 0 Å². The van der Waals surface area contributed by atoms with Crippen molar-refractivity contribution in [3.63, 3.8) is 0 Å². The van der Waals surface area contributed by atoms with Gasteiger partial charge in [-0.2, -0.15) is 18.4 Å². The van der Waals surface area contributed by atoms with E-state index in [9.17, 15) is 18.3 Å². The molecule has 1 atom stereocenters. The minimum Gasteiger partial charge on any atom is -0.497 e. The second kappa shape index (κ2) is 4.72. The Balaban J connectivity index is 2.37. The summed E-state index contributed by atoms with van der Waals surface area (Å²) in [6.07, 6.45) is -5.91. The van der Waals surface area contributed by atoms with Crippen molar-refractivity contribution < 1.29 is 27.8 Å². The highest BCUT2D eigenvalue weighted by Gasteiger charge is 2.60. The van der Waals surface area contributed by atoms with E-state index in [0.717, 1.165) is 0 Å². The molecule has 106 valence electrons. The van der Waals surface area contributed by atoms with E-state index in [1.165, 1.54) is 31.4 Å². The van der Waals surface area contributed by atoms with Crippen molar-refractivity contribution >= 4 is 5.76 Å². The summed E-state index contributed by atoms with van der Waals surface area (Å²) < 4.78 is 47.7. The third-order valence-electron chi connectivity index (χ3n) is 2.89. The van der Waals surface area contributed by atoms with E-state index < -0.39 is 18.4 Å². The first-order valence-electron chi connectivity index (χ1n) is 5.56. The lowest BCUT2D eigenvalue weighted by atomic mass is 10.1. The zero-order valence-electron chi connectivity index (χ0n) is 10.4. The minimum absolute atomic E-state index is 0.255. The van der Waals surface area contributed by atoms with E-state index in [4.69, 9.17) is 10.00 Å². The lowest BCUT2D eigenvalue weighted by molar-refractivity contribution is -0.337. The van der Waals surface area contributed by atoms with Crippen LogP contribution in [0.2, 0.25) is 0 Å². The molecule has 1 aromatic carbocycles. The Morgan fingerprint density at radius 3 is 2.40 bits per heavy atom. The molecule has 1 aliphatic heterocycles. The van der Waals surface area contributed by atoms with Crippen molar-refractivity contribution in [3.05, 3.63) is 35.4 Å². The normalized spacial score (nSPS) is 22.4. The van der Waals surface area contributed by atoms with Crippen molar-refractivity contribution in [2.45, 2.75) is 18.4 Å². The van der Waals surface area contributed by atoms with Gasteiger partial charge < -0.3 is 14.6 Å². The van der Waals surface area contributed by atoms with Crippen molar-refractivity contribution in [2.24, 2.45) is 0 Å². The molecule has 0 bridgehead atoms. The van der Waals surface area contributed by atoms with Gasteiger partial charge in [0.2, 0.25) is 0 Å². The molecule has 0 saturated heterocycles. The first-order chi connectivity index (χ1) is 9.30. The second-order valence-corrected chi connectivity index (χ2v) is 4.21. The van der Waals surface area contributed by atoms with Gasteiger partial charge >= 0.3 is 12.0 Å². The standard InChI is InChI=1S/C13H10F3NO3/c1-19-10-4-2-8(3-5-10)11-9(7-17)6-12(18,20-11)13(14,15)16/h2-5,18H,6H2,1H3. The molecule has 20 heavy (non-hydrogen) atoms. The van der Waals surface area contributed by atoms with Gasteiger partial charge in [0.05, 0.1) is 25.2 Å². The topological polar surface area (TPSA) is 62.5 Å². The summed E-state index contributed by atoms with van der Waals surface area (Å²) >= 11 is 0. The van der Waals surface area contributed by atoms with Crippen LogP contribution in [0.4, 0.5) is 13.2 Å². The van der Waals surface area contributed by atoms with E-state index in [0.29, 0.717) is 5.75 Å². The number of aliphatic hydroxyl groups is 1. The van der Waals surface area contributed by atoms with Gasteiger partial charge in [-0.05, 0) is 24.3 Å². The fourth-order valence-electron chi connectivity index (χ4n) is 1.81. The molecule has 1 aliphatic rings. The van der Waals surface area contributed by atoms with Crippen molar-refractivity contribution in [2.75, 3.05) is 7.11 Å². The molecule has 0 saturated carbocycles. The molecular weight excluding hydrogens is 275 g/mol. The monoisotopic (exact) mass is 285 g/mol. The molecule has 2 rings (SSSR count). The second-order valence-electron chi connectivity index (χ2n) is 4.21. The fourth-order valence-corrected chi connectivity index (χ4v) is 1.81. The van der Waals surface area contributed by atoms with Crippen LogP contribution in [0, 0.1) is 11.3 Å². The van der Waals surface area contributed by atoms with Gasteiger partial charge in [0.1, 0.15) is 11.5 Å². The molecule has 0 amide bonds. The minimum atomic E-state index is -4.98. The number of benzene rings is 1. The number of halogens is 3. The van der Waals surface area contributed by atoms with Gasteiger partial charge in [0.15, 0.2) is 0 Å². The van der Waals surface area contributed by atoms with Crippen molar-refractivity contribution in [1.82, 2.24) is 0 Å². The van der Waals surface area contributed by atoms with Gasteiger partial charge in [-0.25, -0.2) is 0 Å². The molecule has 1 aromatic rings. The Kier molecular flexibility index (Phi) is 3.36. The van der Waals surface area contributed by atoms with E-state index in [2.05, 4.69) is 4.74 Å². The molecule has 0 radical (unpaired) electrons. The van der Waals surface area contributed by atoms with Crippen LogP contribution >= 0.6 is 0 Å². The first-order valence-corrected chi connectivity index (χ1v) is 5.56. The van der Waals surface area contributed by atoms with Crippen molar-refractivity contribution in [3.8, 4) is 11.8 Å². The lowest BCUT2D eigenvalue weighted by Crippen LogP contribution is -2.44. The molecule has 1 heterocycles. The number of hydrogen-bond donors (Lipinski definition) is 1. The van der Waals surface area contributed by atoms with Crippen LogP contribution < -0.4 is 4.74 Å². The molecule has 0 aromatic heterocycles. The molecule has 0 spiro atoms. The summed E-state index contributed by atoms with van der Waals surface area (Å²) in [5.74, 6) is -3.11. The zero-order chi connectivity index (χ0) is 15.0. The summed E-state index contributed by atoms with van der Waals surface area (Å²) in [7, 11) is 1.45. The highest BCUT2D eigenvalue weighted by Crippen LogP contribution is 2.46. The highest BCUT2D eigenvalue weighted by molar-refractivity contribution is 5.69. The maximum Gasteiger partial charge on any atom is 0.455 e. The van der Waals surface area contributed by atoms with Crippen LogP contribution in [0.3, 0.4) is 0 Å². The van der Waals surface area contributed by atoms with E-state index in [1.807, 2.05) is 0 Å². The Bertz CT molecular complexity index is 586. The Morgan fingerprint density at radius 1 is 1.35 bits per heavy atom. The quantitative estimate of drug-likeness (QED) is 0.907. The number of methoxy groups -OCH3 is 1. The SMILES string of the molecule is COc1ccc(C2=C(C#N)CC(O)(C(F)(F)F)O2)cc1. The van der Waals surface area contributed by atoms with E-state index in [-0.39, 0.29) is 16.9 Å². The van der Waals surface area contributed by atoms with E-state index in [1.54, 1.807) is 6.07 Å². The average Bonchev–Trinajstić information content (AvgIpc) is 2.77. The highest BCUT2D eigenvalue weighted by atomic mass is 19.4. The predicted octanol–water partition coefficient (Wildman–Crippen LogP) is 2.60. The summed E-state index contributed by atoms with van der Waals surface area (Å²) in [5, 5.41) is 18.4. The van der Waals surface area contributed by atoms with Gasteiger partial charge in [-0.1, -0.05) is 0 Å². The smallest absolute Gasteiger partial charge is 0.455 e. The number of ether oxygens (including phenoxy) is 2. The molecule has 4 nitrogen and oxygen atoms in total. The third-order valence-corrected chi connectivity index (χ3v) is 2.89. The van der Waals surface area contributed by atoms with Gasteiger partial charge in [-0.3, -0.25) is 0 Å². The summed E-state index contributed by atoms with van der Waals surface area (Å²) in [6, 6.07) is 7.57. The summed E-state index contributed by atoms with van der Waals surface area (Å²) in [6.45, 7) is 0. The van der Waals surface area contributed by atoms with Crippen LogP contribution in [0.15, 0.2) is 29.8 Å². The van der Waals surface area contributed by atoms with Gasteiger partial charge in [0, 0.05) is 5.56 Å². The van der Waals surface area contributed by atoms with Crippen LogP contribution in [-0.4, -0.2) is 24.2 Å². The maximum atomic E-state index is 12.7. The number of rotatable bonds is 2. The number of alkyl halides is 3. The molecule has 7 heteroatoms. The zero-order valence-corrected chi connectivity index (χ0v) is 10.4. The number of nitrogens with zero attached hydrogens (tertiary/aromatic N) is 1. The Morgan fingerprint density at radius 2 is 1.95 bits per heavy atom. The fraction of sp³-hybridized carbons (Fsp3) is 0.308. The van der Waals surface area contributed by atoms with Gasteiger partial charge in [0.25, 0.3) is 0 Å². The molecule has 0 fully saturated rings. The number of nitriles is 1. The predicted molar refractivity (Wildman–Crippen MR) is 62.2 cm³/mol.